The van der Waals surface area contributed by atoms with Gasteiger partial charge in [-0.2, -0.15) is 4.98 Å². The molecule has 4 heterocycles. The van der Waals surface area contributed by atoms with Crippen LogP contribution in [0.2, 0.25) is 0 Å². The molecular formula is C24H17FN4O4S. The summed E-state index contributed by atoms with van der Waals surface area (Å²) in [5.41, 5.74) is 2.48. The number of benzene rings is 2. The third-order valence-electron chi connectivity index (χ3n) is 5.70. The second-order valence-corrected chi connectivity index (χ2v) is 8.65. The van der Waals surface area contributed by atoms with Crippen LogP contribution in [0, 0.1) is 5.82 Å². The standard InChI is InChI=1S/C24H17FN4O4S/c1-13-20(23-27-22(28-33-23)19-3-2-10-34-19)21(14-4-6-15(25)7-5-14)26-24(30)29(13)16-8-9-17-18(11-16)32-12-31-17/h2-11,21H,12H2,1H3,(H,26,30). The number of allylic oxidation sites excluding steroid dienone is 1. The molecule has 2 aromatic carbocycles. The van der Waals surface area contributed by atoms with E-state index in [9.17, 15) is 9.18 Å². The van der Waals surface area contributed by atoms with Crippen molar-refractivity contribution >= 4 is 28.6 Å². The van der Waals surface area contributed by atoms with Gasteiger partial charge in [0.05, 0.1) is 22.2 Å². The van der Waals surface area contributed by atoms with Gasteiger partial charge in [0.1, 0.15) is 5.82 Å². The van der Waals surface area contributed by atoms with Crippen LogP contribution in [-0.2, 0) is 0 Å². The molecule has 1 N–H and O–H groups in total. The number of nitrogens with one attached hydrogen (secondary N) is 1. The Kier molecular flexibility index (Phi) is 4.80. The minimum atomic E-state index is -0.616. The predicted molar refractivity (Wildman–Crippen MR) is 123 cm³/mol. The average molecular weight is 476 g/mol. The van der Waals surface area contributed by atoms with Crippen LogP contribution in [0.25, 0.3) is 16.3 Å². The number of carbonyl (C=O) groups excluding carboxylic acids is 1. The van der Waals surface area contributed by atoms with Gasteiger partial charge in [0.25, 0.3) is 5.89 Å². The minimum Gasteiger partial charge on any atom is -0.454 e. The number of nitrogens with zero attached hydrogens (tertiary/aromatic N) is 3. The Morgan fingerprint density at radius 1 is 1.12 bits per heavy atom. The Balaban J connectivity index is 1.49. The lowest BCUT2D eigenvalue weighted by atomic mass is 9.94. The number of halogens is 1. The first-order valence-electron chi connectivity index (χ1n) is 10.4. The maximum Gasteiger partial charge on any atom is 0.327 e. The highest BCUT2D eigenvalue weighted by Crippen LogP contribution is 2.42. The molecule has 2 amide bonds. The van der Waals surface area contributed by atoms with Gasteiger partial charge in [-0.3, -0.25) is 4.90 Å². The molecule has 1 atom stereocenters. The average Bonchev–Trinajstić information content (AvgIpc) is 3.60. The lowest BCUT2D eigenvalue weighted by Crippen LogP contribution is -2.46. The van der Waals surface area contributed by atoms with Gasteiger partial charge in [-0.25, -0.2) is 9.18 Å². The van der Waals surface area contributed by atoms with Crippen molar-refractivity contribution < 1.29 is 23.2 Å². The lowest BCUT2D eigenvalue weighted by Gasteiger charge is -2.35. The molecule has 0 bridgehead atoms. The van der Waals surface area contributed by atoms with Gasteiger partial charge < -0.3 is 19.3 Å². The van der Waals surface area contributed by atoms with Crippen molar-refractivity contribution in [1.29, 1.82) is 0 Å². The Morgan fingerprint density at radius 2 is 1.94 bits per heavy atom. The van der Waals surface area contributed by atoms with Gasteiger partial charge in [-0.15, -0.1) is 11.3 Å². The van der Waals surface area contributed by atoms with E-state index in [-0.39, 0.29) is 24.5 Å². The highest BCUT2D eigenvalue weighted by atomic mass is 32.1. The molecule has 2 aromatic heterocycles. The number of ether oxygens (including phenoxy) is 2. The first-order chi connectivity index (χ1) is 16.6. The molecular weight excluding hydrogens is 459 g/mol. The molecule has 6 rings (SSSR count). The summed E-state index contributed by atoms with van der Waals surface area (Å²) >= 11 is 1.50. The van der Waals surface area contributed by atoms with Gasteiger partial charge in [0, 0.05) is 11.8 Å². The van der Waals surface area contributed by atoms with E-state index in [1.807, 2.05) is 24.4 Å². The third-order valence-corrected chi connectivity index (χ3v) is 6.57. The molecule has 10 heteroatoms. The minimum absolute atomic E-state index is 0.130. The summed E-state index contributed by atoms with van der Waals surface area (Å²) in [6.45, 7) is 1.94. The Hall–Kier alpha value is -4.18. The smallest absolute Gasteiger partial charge is 0.327 e. The zero-order chi connectivity index (χ0) is 23.2. The summed E-state index contributed by atoms with van der Waals surface area (Å²) in [7, 11) is 0. The molecule has 2 aliphatic heterocycles. The van der Waals surface area contributed by atoms with Crippen molar-refractivity contribution in [3.63, 3.8) is 0 Å². The highest BCUT2D eigenvalue weighted by molar-refractivity contribution is 7.13. The molecule has 34 heavy (non-hydrogen) atoms. The number of aromatic nitrogens is 2. The Labute approximate surface area is 197 Å². The maximum atomic E-state index is 13.6. The molecule has 1 unspecified atom stereocenters. The molecule has 0 aliphatic carbocycles. The molecule has 8 nitrogen and oxygen atoms in total. The lowest BCUT2D eigenvalue weighted by molar-refractivity contribution is 0.174. The van der Waals surface area contributed by atoms with E-state index in [0.717, 1.165) is 4.88 Å². The molecule has 4 aromatic rings. The Morgan fingerprint density at radius 3 is 2.74 bits per heavy atom. The zero-order valence-electron chi connectivity index (χ0n) is 17.8. The first kappa shape index (κ1) is 20.4. The number of anilines is 1. The number of hydrogen-bond donors (Lipinski definition) is 1. The summed E-state index contributed by atoms with van der Waals surface area (Å²) in [6, 6.07) is 14.1. The Bertz CT molecular complexity index is 1420. The molecule has 2 aliphatic rings. The molecule has 0 radical (unpaired) electrons. The number of urea groups is 1. The number of amides is 2. The monoisotopic (exact) mass is 476 g/mol. The van der Waals surface area contributed by atoms with Gasteiger partial charge in [-0.05, 0) is 48.2 Å². The second kappa shape index (κ2) is 7.99. The van der Waals surface area contributed by atoms with Gasteiger partial charge in [0.2, 0.25) is 12.6 Å². The second-order valence-electron chi connectivity index (χ2n) is 7.71. The van der Waals surface area contributed by atoms with Crippen molar-refractivity contribution in [3.8, 4) is 22.2 Å². The number of fused-ring (bicyclic) bond motifs is 1. The third kappa shape index (κ3) is 3.39. The fourth-order valence-electron chi connectivity index (χ4n) is 4.10. The van der Waals surface area contributed by atoms with Crippen LogP contribution < -0.4 is 19.7 Å². The largest absolute Gasteiger partial charge is 0.454 e. The van der Waals surface area contributed by atoms with Crippen molar-refractivity contribution in [2.24, 2.45) is 0 Å². The topological polar surface area (TPSA) is 89.7 Å². The first-order valence-corrected chi connectivity index (χ1v) is 11.3. The van der Waals surface area contributed by atoms with E-state index in [0.29, 0.717) is 39.8 Å². The van der Waals surface area contributed by atoms with Crippen LogP contribution in [0.3, 0.4) is 0 Å². The van der Waals surface area contributed by atoms with Gasteiger partial charge >= 0.3 is 6.03 Å². The number of hydrogen-bond acceptors (Lipinski definition) is 7. The summed E-state index contributed by atoms with van der Waals surface area (Å²) in [4.78, 5) is 20.3. The zero-order valence-corrected chi connectivity index (χ0v) is 18.6. The number of rotatable bonds is 4. The van der Waals surface area contributed by atoms with Crippen molar-refractivity contribution in [1.82, 2.24) is 15.5 Å². The van der Waals surface area contributed by atoms with Crippen molar-refractivity contribution in [2.45, 2.75) is 13.0 Å². The van der Waals surface area contributed by atoms with E-state index < -0.39 is 6.04 Å². The molecule has 170 valence electrons. The molecule has 0 spiro atoms. The van der Waals surface area contributed by atoms with Crippen LogP contribution in [0.15, 0.2) is 70.2 Å². The van der Waals surface area contributed by atoms with Gasteiger partial charge in [-0.1, -0.05) is 23.4 Å². The van der Waals surface area contributed by atoms with Crippen molar-refractivity contribution in [3.05, 3.63) is 82.9 Å². The maximum absolute atomic E-state index is 13.6. The van der Waals surface area contributed by atoms with Crippen LogP contribution in [-0.4, -0.2) is 23.0 Å². The van der Waals surface area contributed by atoms with E-state index in [2.05, 4.69) is 15.5 Å². The quantitative estimate of drug-likeness (QED) is 0.426. The molecule has 0 saturated heterocycles. The highest BCUT2D eigenvalue weighted by Gasteiger charge is 2.37. The summed E-state index contributed by atoms with van der Waals surface area (Å²) in [5.74, 6) is 1.52. The summed E-state index contributed by atoms with van der Waals surface area (Å²) in [6.07, 6.45) is 0. The SMILES string of the molecule is CC1=C(c2nc(-c3cccs3)no2)C(c2ccc(F)cc2)NC(=O)N1c1ccc2c(c1)OCO2. The summed E-state index contributed by atoms with van der Waals surface area (Å²) < 4.78 is 30.1. The van der Waals surface area contributed by atoms with E-state index >= 15 is 0 Å². The van der Waals surface area contributed by atoms with E-state index in [1.165, 1.54) is 28.4 Å². The van der Waals surface area contributed by atoms with Crippen LogP contribution in [0.4, 0.5) is 14.9 Å². The van der Waals surface area contributed by atoms with Crippen LogP contribution in [0.1, 0.15) is 24.4 Å². The van der Waals surface area contributed by atoms with Gasteiger partial charge in [0.15, 0.2) is 11.5 Å². The van der Waals surface area contributed by atoms with Crippen molar-refractivity contribution in [2.75, 3.05) is 11.7 Å². The normalized spacial score (nSPS) is 17.3. The van der Waals surface area contributed by atoms with E-state index in [4.69, 9.17) is 14.0 Å². The predicted octanol–water partition coefficient (Wildman–Crippen LogP) is 5.37. The molecule has 0 fully saturated rings. The van der Waals surface area contributed by atoms with E-state index in [1.54, 1.807) is 30.3 Å². The van der Waals surface area contributed by atoms with Crippen LogP contribution in [0.5, 0.6) is 11.5 Å². The number of carbonyl (C=O) groups is 1. The van der Waals surface area contributed by atoms with Crippen LogP contribution >= 0.6 is 11.3 Å². The summed E-state index contributed by atoms with van der Waals surface area (Å²) in [5, 5.41) is 9.07. The number of thiophene rings is 1. The fraction of sp³-hybridized carbons (Fsp3) is 0.125. The molecule has 0 saturated carbocycles. The fourth-order valence-corrected chi connectivity index (χ4v) is 4.75.